The molecule has 1 atom stereocenters. The van der Waals surface area contributed by atoms with Gasteiger partial charge >= 0.3 is 0 Å². The molecule has 0 spiro atoms. The number of halogens is 1. The molecule has 2 nitrogen and oxygen atoms in total. The van der Waals surface area contributed by atoms with E-state index in [-0.39, 0.29) is 12.4 Å². The molecule has 0 aliphatic carbocycles. The van der Waals surface area contributed by atoms with Crippen molar-refractivity contribution in [2.75, 3.05) is 6.61 Å². The SMILES string of the molecule is Cc1ccc(C(C)(CO)NCc2ccccc2)cc1F. The highest BCUT2D eigenvalue weighted by molar-refractivity contribution is 5.29. The van der Waals surface area contributed by atoms with Gasteiger partial charge in [-0.05, 0) is 36.6 Å². The van der Waals surface area contributed by atoms with Crippen LogP contribution >= 0.6 is 0 Å². The van der Waals surface area contributed by atoms with E-state index in [1.54, 1.807) is 13.0 Å². The first kappa shape index (κ1) is 14.7. The molecule has 0 bridgehead atoms. The van der Waals surface area contributed by atoms with Crippen molar-refractivity contribution in [1.82, 2.24) is 5.32 Å². The summed E-state index contributed by atoms with van der Waals surface area (Å²) < 4.78 is 13.7. The number of benzene rings is 2. The van der Waals surface area contributed by atoms with E-state index in [4.69, 9.17) is 0 Å². The Morgan fingerprint density at radius 3 is 2.45 bits per heavy atom. The van der Waals surface area contributed by atoms with Gasteiger partial charge in [0.25, 0.3) is 0 Å². The lowest BCUT2D eigenvalue weighted by Gasteiger charge is -2.30. The summed E-state index contributed by atoms with van der Waals surface area (Å²) in [5.41, 5.74) is 1.82. The quantitative estimate of drug-likeness (QED) is 0.877. The van der Waals surface area contributed by atoms with Crippen LogP contribution in [0.5, 0.6) is 0 Å². The van der Waals surface area contributed by atoms with Crippen LogP contribution in [0.15, 0.2) is 48.5 Å². The predicted octanol–water partition coefficient (Wildman–Crippen LogP) is 3.13. The first-order valence-corrected chi connectivity index (χ1v) is 6.71. The Morgan fingerprint density at radius 1 is 1.15 bits per heavy atom. The molecule has 0 aliphatic rings. The second-order valence-electron chi connectivity index (χ2n) is 5.29. The van der Waals surface area contributed by atoms with Crippen LogP contribution in [0.25, 0.3) is 0 Å². The van der Waals surface area contributed by atoms with Crippen LogP contribution in [0.1, 0.15) is 23.6 Å². The zero-order chi connectivity index (χ0) is 14.6. The van der Waals surface area contributed by atoms with Crippen LogP contribution < -0.4 is 5.32 Å². The van der Waals surface area contributed by atoms with E-state index >= 15 is 0 Å². The molecule has 0 aromatic heterocycles. The van der Waals surface area contributed by atoms with Gasteiger partial charge in [0.2, 0.25) is 0 Å². The minimum absolute atomic E-state index is 0.0949. The third kappa shape index (κ3) is 3.24. The zero-order valence-electron chi connectivity index (χ0n) is 11.9. The van der Waals surface area contributed by atoms with Gasteiger partial charge in [0.1, 0.15) is 5.82 Å². The smallest absolute Gasteiger partial charge is 0.126 e. The second kappa shape index (κ2) is 6.16. The standard InChI is InChI=1S/C17H20FNO/c1-13-8-9-15(10-16(13)18)17(2,12-20)19-11-14-6-4-3-5-7-14/h3-10,19-20H,11-12H2,1-2H3. The molecule has 0 radical (unpaired) electrons. The maximum Gasteiger partial charge on any atom is 0.126 e. The molecule has 1 unspecified atom stereocenters. The van der Waals surface area contributed by atoms with Crippen molar-refractivity contribution in [3.8, 4) is 0 Å². The van der Waals surface area contributed by atoms with E-state index < -0.39 is 5.54 Å². The number of hydrogen-bond donors (Lipinski definition) is 2. The summed E-state index contributed by atoms with van der Waals surface area (Å²) in [4.78, 5) is 0. The van der Waals surface area contributed by atoms with Crippen LogP contribution in [0.4, 0.5) is 4.39 Å². The molecule has 2 rings (SSSR count). The van der Waals surface area contributed by atoms with Crippen LogP contribution in [0.2, 0.25) is 0 Å². The Hall–Kier alpha value is -1.71. The van der Waals surface area contributed by atoms with Crippen molar-refractivity contribution < 1.29 is 9.50 Å². The molecule has 0 saturated heterocycles. The summed E-state index contributed by atoms with van der Waals surface area (Å²) in [6.07, 6.45) is 0. The first-order valence-electron chi connectivity index (χ1n) is 6.71. The number of nitrogens with one attached hydrogen (secondary N) is 1. The first-order chi connectivity index (χ1) is 9.55. The summed E-state index contributed by atoms with van der Waals surface area (Å²) in [6, 6.07) is 15.0. The number of hydrogen-bond acceptors (Lipinski definition) is 2. The van der Waals surface area contributed by atoms with Gasteiger partial charge < -0.3 is 10.4 Å². The molecule has 0 saturated carbocycles. The monoisotopic (exact) mass is 273 g/mol. The Morgan fingerprint density at radius 2 is 1.85 bits per heavy atom. The minimum atomic E-state index is -0.662. The van der Waals surface area contributed by atoms with Gasteiger partial charge in [-0.25, -0.2) is 4.39 Å². The average Bonchev–Trinajstić information content (AvgIpc) is 2.48. The number of rotatable bonds is 5. The van der Waals surface area contributed by atoms with Crippen molar-refractivity contribution in [1.29, 1.82) is 0 Å². The van der Waals surface area contributed by atoms with Crippen LogP contribution in [0.3, 0.4) is 0 Å². The van der Waals surface area contributed by atoms with Gasteiger partial charge in [-0.15, -0.1) is 0 Å². The fraction of sp³-hybridized carbons (Fsp3) is 0.294. The number of aliphatic hydroxyl groups is 1. The second-order valence-corrected chi connectivity index (χ2v) is 5.29. The fourth-order valence-corrected chi connectivity index (χ4v) is 2.08. The average molecular weight is 273 g/mol. The van der Waals surface area contributed by atoms with E-state index in [1.807, 2.05) is 43.3 Å². The van der Waals surface area contributed by atoms with Gasteiger partial charge in [-0.2, -0.15) is 0 Å². The predicted molar refractivity (Wildman–Crippen MR) is 78.9 cm³/mol. The summed E-state index contributed by atoms with van der Waals surface area (Å²) >= 11 is 0. The van der Waals surface area contributed by atoms with Gasteiger partial charge in [0, 0.05) is 6.54 Å². The lowest BCUT2D eigenvalue weighted by atomic mass is 9.91. The van der Waals surface area contributed by atoms with Gasteiger partial charge in [0.15, 0.2) is 0 Å². The lowest BCUT2D eigenvalue weighted by molar-refractivity contribution is 0.173. The van der Waals surface area contributed by atoms with Crippen LogP contribution in [-0.4, -0.2) is 11.7 Å². The maximum atomic E-state index is 13.7. The molecule has 0 fully saturated rings. The van der Waals surface area contributed by atoms with Crippen LogP contribution in [-0.2, 0) is 12.1 Å². The molecule has 2 aromatic rings. The Balaban J connectivity index is 2.18. The molecule has 0 heterocycles. The minimum Gasteiger partial charge on any atom is -0.394 e. The lowest BCUT2D eigenvalue weighted by Crippen LogP contribution is -2.42. The summed E-state index contributed by atoms with van der Waals surface area (Å²) in [7, 11) is 0. The van der Waals surface area contributed by atoms with Gasteiger partial charge in [-0.3, -0.25) is 0 Å². The molecule has 2 aromatic carbocycles. The van der Waals surface area contributed by atoms with Crippen molar-refractivity contribution in [2.24, 2.45) is 0 Å². The highest BCUT2D eigenvalue weighted by atomic mass is 19.1. The molecule has 20 heavy (non-hydrogen) atoms. The molecule has 106 valence electrons. The van der Waals surface area contributed by atoms with Crippen molar-refractivity contribution in [3.63, 3.8) is 0 Å². The van der Waals surface area contributed by atoms with Crippen LogP contribution in [0, 0.1) is 12.7 Å². The Bertz CT molecular complexity index is 570. The zero-order valence-corrected chi connectivity index (χ0v) is 11.9. The number of aliphatic hydroxyl groups excluding tert-OH is 1. The third-order valence-electron chi connectivity index (χ3n) is 3.65. The summed E-state index contributed by atoms with van der Waals surface area (Å²) in [6.45, 7) is 4.13. The van der Waals surface area contributed by atoms with E-state index in [2.05, 4.69) is 5.32 Å². The van der Waals surface area contributed by atoms with Crippen molar-refractivity contribution >= 4 is 0 Å². The van der Waals surface area contributed by atoms with E-state index in [1.165, 1.54) is 6.07 Å². The van der Waals surface area contributed by atoms with Gasteiger partial charge in [0.05, 0.1) is 12.1 Å². The van der Waals surface area contributed by atoms with Crippen molar-refractivity contribution in [2.45, 2.75) is 25.9 Å². The van der Waals surface area contributed by atoms with E-state index in [0.717, 1.165) is 11.1 Å². The third-order valence-corrected chi connectivity index (χ3v) is 3.65. The molecule has 0 amide bonds. The van der Waals surface area contributed by atoms with E-state index in [9.17, 15) is 9.50 Å². The van der Waals surface area contributed by atoms with Gasteiger partial charge in [-0.1, -0.05) is 42.5 Å². The maximum absolute atomic E-state index is 13.7. The normalized spacial score (nSPS) is 14.0. The topological polar surface area (TPSA) is 32.3 Å². The summed E-state index contributed by atoms with van der Waals surface area (Å²) in [5, 5.41) is 13.0. The molecule has 3 heteroatoms. The largest absolute Gasteiger partial charge is 0.394 e. The van der Waals surface area contributed by atoms with E-state index in [0.29, 0.717) is 12.1 Å². The molecular formula is C17H20FNO. The number of aryl methyl sites for hydroxylation is 1. The van der Waals surface area contributed by atoms with Crippen molar-refractivity contribution in [3.05, 3.63) is 71.0 Å². The molecule has 0 aliphatic heterocycles. The molecule has 2 N–H and O–H groups in total. The Kier molecular flexibility index (Phi) is 4.53. The highest BCUT2D eigenvalue weighted by Gasteiger charge is 2.25. The fourth-order valence-electron chi connectivity index (χ4n) is 2.08. The Labute approximate surface area is 119 Å². The summed E-state index contributed by atoms with van der Waals surface area (Å²) in [5.74, 6) is -0.247. The molecular weight excluding hydrogens is 253 g/mol. The highest BCUT2D eigenvalue weighted by Crippen LogP contribution is 2.23.